The van der Waals surface area contributed by atoms with Gasteiger partial charge in [0.25, 0.3) is 0 Å². The molecular formula is C10H23N3. The largest absolute Gasteiger partial charge is 0.309 e. The highest BCUT2D eigenvalue weighted by Gasteiger charge is 2.17. The van der Waals surface area contributed by atoms with Crippen LogP contribution in [0.25, 0.3) is 0 Å². The van der Waals surface area contributed by atoms with Crippen molar-refractivity contribution >= 4 is 0 Å². The zero-order valence-electron chi connectivity index (χ0n) is 9.21. The Morgan fingerprint density at radius 1 is 1.31 bits per heavy atom. The molecule has 0 aromatic heterocycles. The molecule has 1 aliphatic heterocycles. The van der Waals surface area contributed by atoms with Crippen molar-refractivity contribution in [3.8, 4) is 0 Å². The van der Waals surface area contributed by atoms with Crippen molar-refractivity contribution in [2.75, 3.05) is 40.8 Å². The molecule has 1 heterocycles. The lowest BCUT2D eigenvalue weighted by atomic mass is 9.94. The Morgan fingerprint density at radius 2 is 1.92 bits per heavy atom. The molecule has 3 nitrogen and oxygen atoms in total. The average molecular weight is 185 g/mol. The van der Waals surface area contributed by atoms with Gasteiger partial charge in [0.2, 0.25) is 0 Å². The van der Waals surface area contributed by atoms with Crippen LogP contribution < -0.4 is 5.43 Å². The van der Waals surface area contributed by atoms with Crippen LogP contribution in [-0.4, -0.2) is 50.7 Å². The second kappa shape index (κ2) is 5.58. The molecule has 1 N–H and O–H groups in total. The van der Waals surface area contributed by atoms with E-state index in [1.165, 1.54) is 38.9 Å². The van der Waals surface area contributed by atoms with E-state index in [4.69, 9.17) is 0 Å². The summed E-state index contributed by atoms with van der Waals surface area (Å²) in [5.74, 6) is 0.951. The Hall–Kier alpha value is -0.120. The van der Waals surface area contributed by atoms with Gasteiger partial charge in [0.15, 0.2) is 0 Å². The third-order valence-corrected chi connectivity index (χ3v) is 2.92. The summed E-state index contributed by atoms with van der Waals surface area (Å²) in [6, 6.07) is 0. The van der Waals surface area contributed by atoms with Crippen LogP contribution in [-0.2, 0) is 0 Å². The highest BCUT2D eigenvalue weighted by Crippen LogP contribution is 2.18. The number of nitrogens with one attached hydrogen (secondary N) is 1. The van der Waals surface area contributed by atoms with Gasteiger partial charge in [0.1, 0.15) is 0 Å². The highest BCUT2D eigenvalue weighted by molar-refractivity contribution is 4.70. The van der Waals surface area contributed by atoms with Gasteiger partial charge in [0.05, 0.1) is 0 Å². The standard InChI is InChI=1S/C10H23N3/c1-11-13-8-5-10(6-9-13)4-7-12(2)3/h10-11H,4-9H2,1-3H3. The first-order valence-electron chi connectivity index (χ1n) is 5.29. The van der Waals surface area contributed by atoms with Crippen LogP contribution in [0.5, 0.6) is 0 Å². The molecule has 0 radical (unpaired) electrons. The van der Waals surface area contributed by atoms with Crippen LogP contribution >= 0.6 is 0 Å². The van der Waals surface area contributed by atoms with Gasteiger partial charge >= 0.3 is 0 Å². The van der Waals surface area contributed by atoms with Gasteiger partial charge in [-0.2, -0.15) is 0 Å². The zero-order chi connectivity index (χ0) is 9.68. The Bertz CT molecular complexity index is 128. The quantitative estimate of drug-likeness (QED) is 0.698. The summed E-state index contributed by atoms with van der Waals surface area (Å²) in [5, 5.41) is 2.31. The Balaban J connectivity index is 2.10. The SMILES string of the molecule is CNN1CCC(CCN(C)C)CC1. The van der Waals surface area contributed by atoms with Crippen molar-refractivity contribution in [1.29, 1.82) is 0 Å². The number of rotatable bonds is 4. The fourth-order valence-corrected chi connectivity index (χ4v) is 1.89. The fraction of sp³-hybridized carbons (Fsp3) is 1.00. The number of hydrogen-bond donors (Lipinski definition) is 1. The van der Waals surface area contributed by atoms with Crippen LogP contribution in [0.4, 0.5) is 0 Å². The first-order chi connectivity index (χ1) is 6.22. The number of nitrogens with zero attached hydrogens (tertiary/aromatic N) is 2. The molecule has 0 saturated carbocycles. The van der Waals surface area contributed by atoms with Gasteiger partial charge in [-0.25, -0.2) is 5.01 Å². The molecule has 0 aromatic carbocycles. The lowest BCUT2D eigenvalue weighted by Crippen LogP contribution is -2.41. The third kappa shape index (κ3) is 4.07. The van der Waals surface area contributed by atoms with Crippen molar-refractivity contribution in [2.45, 2.75) is 19.3 Å². The number of piperidine rings is 1. The first kappa shape index (κ1) is 11.0. The molecule has 0 amide bonds. The molecule has 1 saturated heterocycles. The van der Waals surface area contributed by atoms with Crippen molar-refractivity contribution in [1.82, 2.24) is 15.3 Å². The second-order valence-electron chi connectivity index (χ2n) is 4.25. The molecule has 13 heavy (non-hydrogen) atoms. The summed E-state index contributed by atoms with van der Waals surface area (Å²) in [5.41, 5.74) is 3.21. The topological polar surface area (TPSA) is 18.5 Å². The van der Waals surface area contributed by atoms with E-state index in [9.17, 15) is 0 Å². The third-order valence-electron chi connectivity index (χ3n) is 2.92. The molecular weight excluding hydrogens is 162 g/mol. The molecule has 1 aliphatic rings. The summed E-state index contributed by atoms with van der Waals surface area (Å²) in [7, 11) is 6.33. The maximum Gasteiger partial charge on any atom is 0.0133 e. The predicted molar refractivity (Wildman–Crippen MR) is 56.5 cm³/mol. The molecule has 0 atom stereocenters. The number of hydrogen-bond acceptors (Lipinski definition) is 3. The Labute approximate surface area is 82.1 Å². The lowest BCUT2D eigenvalue weighted by Gasteiger charge is -2.31. The van der Waals surface area contributed by atoms with Gasteiger partial charge in [0, 0.05) is 13.1 Å². The van der Waals surface area contributed by atoms with Crippen molar-refractivity contribution < 1.29 is 0 Å². The van der Waals surface area contributed by atoms with E-state index < -0.39 is 0 Å². The average Bonchev–Trinajstić information content (AvgIpc) is 2.15. The minimum atomic E-state index is 0.951. The van der Waals surface area contributed by atoms with Crippen LogP contribution in [0.15, 0.2) is 0 Å². The first-order valence-corrected chi connectivity index (χ1v) is 5.29. The maximum atomic E-state index is 3.21. The maximum absolute atomic E-state index is 3.21. The molecule has 0 aromatic rings. The molecule has 1 rings (SSSR count). The zero-order valence-corrected chi connectivity index (χ0v) is 9.21. The van der Waals surface area contributed by atoms with Crippen LogP contribution in [0.2, 0.25) is 0 Å². The van der Waals surface area contributed by atoms with E-state index in [1.54, 1.807) is 0 Å². The monoisotopic (exact) mass is 185 g/mol. The summed E-state index contributed by atoms with van der Waals surface area (Å²) in [4.78, 5) is 2.28. The molecule has 0 bridgehead atoms. The molecule has 0 spiro atoms. The molecule has 78 valence electrons. The Kier molecular flexibility index (Phi) is 4.70. The van der Waals surface area contributed by atoms with Gasteiger partial charge < -0.3 is 4.90 Å². The summed E-state index contributed by atoms with van der Waals surface area (Å²) in [6.07, 6.45) is 4.08. The Morgan fingerprint density at radius 3 is 2.38 bits per heavy atom. The predicted octanol–water partition coefficient (Wildman–Crippen LogP) is 0.785. The molecule has 0 unspecified atom stereocenters. The molecule has 1 fully saturated rings. The molecule has 3 heteroatoms. The minimum Gasteiger partial charge on any atom is -0.309 e. The summed E-state index contributed by atoms with van der Waals surface area (Å²) in [6.45, 7) is 3.67. The summed E-state index contributed by atoms with van der Waals surface area (Å²) < 4.78 is 0. The summed E-state index contributed by atoms with van der Waals surface area (Å²) >= 11 is 0. The van der Waals surface area contributed by atoms with E-state index in [1.807, 2.05) is 7.05 Å². The van der Waals surface area contributed by atoms with Crippen LogP contribution in [0.1, 0.15) is 19.3 Å². The van der Waals surface area contributed by atoms with Crippen molar-refractivity contribution in [2.24, 2.45) is 5.92 Å². The lowest BCUT2D eigenvalue weighted by molar-refractivity contribution is 0.130. The number of hydrazine groups is 1. The van der Waals surface area contributed by atoms with E-state index in [0.29, 0.717) is 0 Å². The van der Waals surface area contributed by atoms with E-state index in [0.717, 1.165) is 5.92 Å². The van der Waals surface area contributed by atoms with Crippen LogP contribution in [0.3, 0.4) is 0 Å². The van der Waals surface area contributed by atoms with E-state index >= 15 is 0 Å². The van der Waals surface area contributed by atoms with Gasteiger partial charge in [-0.3, -0.25) is 5.43 Å². The van der Waals surface area contributed by atoms with E-state index in [2.05, 4.69) is 29.4 Å². The second-order valence-corrected chi connectivity index (χ2v) is 4.25. The van der Waals surface area contributed by atoms with Crippen molar-refractivity contribution in [3.05, 3.63) is 0 Å². The normalized spacial score (nSPS) is 21.2. The van der Waals surface area contributed by atoms with Crippen molar-refractivity contribution in [3.63, 3.8) is 0 Å². The van der Waals surface area contributed by atoms with Gasteiger partial charge in [-0.05, 0) is 52.9 Å². The smallest absolute Gasteiger partial charge is 0.0133 e. The van der Waals surface area contributed by atoms with E-state index in [-0.39, 0.29) is 0 Å². The molecule has 0 aliphatic carbocycles. The van der Waals surface area contributed by atoms with Gasteiger partial charge in [-0.1, -0.05) is 0 Å². The van der Waals surface area contributed by atoms with Crippen LogP contribution in [0, 0.1) is 5.92 Å². The highest BCUT2D eigenvalue weighted by atomic mass is 15.5. The van der Waals surface area contributed by atoms with Gasteiger partial charge in [-0.15, -0.1) is 0 Å². The fourth-order valence-electron chi connectivity index (χ4n) is 1.89. The minimum absolute atomic E-state index is 0.951.